The van der Waals surface area contributed by atoms with Crippen LogP contribution in [0.4, 0.5) is 0 Å². The Bertz CT molecular complexity index is 534. The molecule has 5 nitrogen and oxygen atoms in total. The van der Waals surface area contributed by atoms with E-state index in [9.17, 15) is 13.2 Å². The lowest BCUT2D eigenvalue weighted by Gasteiger charge is -2.03. The molecule has 2 N–H and O–H groups in total. The number of aryl methyl sites for hydroxylation is 1. The maximum absolute atomic E-state index is 12.0. The van der Waals surface area contributed by atoms with E-state index in [0.717, 1.165) is 37.0 Å². The van der Waals surface area contributed by atoms with Crippen LogP contribution in [0, 0.1) is 6.92 Å². The van der Waals surface area contributed by atoms with Gasteiger partial charge in [0.25, 0.3) is 0 Å². The van der Waals surface area contributed by atoms with Gasteiger partial charge in [-0.2, -0.15) is 0 Å². The summed E-state index contributed by atoms with van der Waals surface area (Å²) in [4.78, 5) is 11.0. The van der Waals surface area contributed by atoms with Gasteiger partial charge in [-0.15, -0.1) is 11.3 Å². The largest absolute Gasteiger partial charge is 0.477 e. The fourth-order valence-electron chi connectivity index (χ4n) is 1.63. The van der Waals surface area contributed by atoms with Gasteiger partial charge in [-0.25, -0.2) is 17.9 Å². The Balaban J connectivity index is 2.67. The summed E-state index contributed by atoms with van der Waals surface area (Å²) in [7, 11) is -3.58. The highest BCUT2D eigenvalue weighted by atomic mass is 32.2. The molecule has 0 aliphatic carbocycles. The van der Waals surface area contributed by atoms with Crippen LogP contribution in [0.5, 0.6) is 0 Å². The standard InChI is InChI=1S/C12H19NO4S2/c1-3-4-5-6-7-13-19(16,17)10-8-9(2)11(18-10)12(14)15/h8,13H,3-7H2,1-2H3,(H,14,15). The summed E-state index contributed by atoms with van der Waals surface area (Å²) in [5.74, 6) is -1.09. The molecular formula is C12H19NO4S2. The van der Waals surface area contributed by atoms with Crippen LogP contribution in [0.25, 0.3) is 0 Å². The zero-order valence-electron chi connectivity index (χ0n) is 11.1. The van der Waals surface area contributed by atoms with Crippen molar-refractivity contribution < 1.29 is 18.3 Å². The molecule has 0 unspecified atom stereocenters. The Morgan fingerprint density at radius 2 is 2.05 bits per heavy atom. The SMILES string of the molecule is CCCCCCNS(=O)(=O)c1cc(C)c(C(=O)O)s1. The fourth-order valence-corrected chi connectivity index (χ4v) is 4.12. The summed E-state index contributed by atoms with van der Waals surface area (Å²) in [6.07, 6.45) is 3.97. The first-order chi connectivity index (χ1) is 8.88. The van der Waals surface area contributed by atoms with Gasteiger partial charge >= 0.3 is 5.97 Å². The van der Waals surface area contributed by atoms with Crippen LogP contribution in [0.15, 0.2) is 10.3 Å². The summed E-state index contributed by atoms with van der Waals surface area (Å²) in [6, 6.07) is 1.41. The van der Waals surface area contributed by atoms with Crippen molar-refractivity contribution in [3.05, 3.63) is 16.5 Å². The third-order valence-corrected chi connectivity index (χ3v) is 5.84. The number of rotatable bonds is 8. The Morgan fingerprint density at radius 1 is 1.37 bits per heavy atom. The van der Waals surface area contributed by atoms with Gasteiger partial charge in [0.15, 0.2) is 0 Å². The molecule has 0 aliphatic heterocycles. The van der Waals surface area contributed by atoms with Crippen molar-refractivity contribution in [1.82, 2.24) is 4.72 Å². The minimum absolute atomic E-state index is 0.0675. The number of hydrogen-bond donors (Lipinski definition) is 2. The zero-order valence-corrected chi connectivity index (χ0v) is 12.7. The average molecular weight is 305 g/mol. The van der Waals surface area contributed by atoms with E-state index in [2.05, 4.69) is 11.6 Å². The van der Waals surface area contributed by atoms with E-state index in [1.807, 2.05) is 0 Å². The highest BCUT2D eigenvalue weighted by molar-refractivity contribution is 7.91. The third-order valence-electron chi connectivity index (χ3n) is 2.68. The molecule has 1 heterocycles. The first-order valence-electron chi connectivity index (χ1n) is 6.22. The van der Waals surface area contributed by atoms with Crippen LogP contribution in [0.1, 0.15) is 47.8 Å². The number of thiophene rings is 1. The number of carbonyl (C=O) groups is 1. The smallest absolute Gasteiger partial charge is 0.346 e. The molecule has 0 atom stereocenters. The molecule has 0 bridgehead atoms. The van der Waals surface area contributed by atoms with E-state index < -0.39 is 16.0 Å². The van der Waals surface area contributed by atoms with Gasteiger partial charge in [0.2, 0.25) is 10.0 Å². The molecule has 1 rings (SSSR count). The summed E-state index contributed by atoms with van der Waals surface area (Å²) in [5, 5.41) is 8.91. The molecule has 0 radical (unpaired) electrons. The van der Waals surface area contributed by atoms with Crippen molar-refractivity contribution in [3.63, 3.8) is 0 Å². The van der Waals surface area contributed by atoms with Crippen molar-refractivity contribution in [2.75, 3.05) is 6.54 Å². The van der Waals surface area contributed by atoms with Crippen LogP contribution in [0.3, 0.4) is 0 Å². The van der Waals surface area contributed by atoms with Crippen molar-refractivity contribution in [3.8, 4) is 0 Å². The fraction of sp³-hybridized carbons (Fsp3) is 0.583. The van der Waals surface area contributed by atoms with Crippen LogP contribution in [0.2, 0.25) is 0 Å². The van der Waals surface area contributed by atoms with Crippen molar-refractivity contribution in [2.24, 2.45) is 0 Å². The number of nitrogens with one attached hydrogen (secondary N) is 1. The predicted octanol–water partition coefficient (Wildman–Crippen LogP) is 2.61. The van der Waals surface area contributed by atoms with Crippen molar-refractivity contribution >= 4 is 27.3 Å². The Labute approximate surface area is 117 Å². The highest BCUT2D eigenvalue weighted by Gasteiger charge is 2.21. The first kappa shape index (κ1) is 16.1. The number of carboxylic acids is 1. The van der Waals surface area contributed by atoms with E-state index in [4.69, 9.17) is 5.11 Å². The lowest BCUT2D eigenvalue weighted by molar-refractivity contribution is 0.0701. The summed E-state index contributed by atoms with van der Waals surface area (Å²) in [5.41, 5.74) is 0.476. The molecule has 7 heteroatoms. The van der Waals surface area contributed by atoms with E-state index in [1.54, 1.807) is 6.92 Å². The maximum atomic E-state index is 12.0. The lowest BCUT2D eigenvalue weighted by Crippen LogP contribution is -2.24. The number of aromatic carboxylic acids is 1. The molecule has 0 saturated carbocycles. The van der Waals surface area contributed by atoms with Crippen molar-refractivity contribution in [1.29, 1.82) is 0 Å². The van der Waals surface area contributed by atoms with Gasteiger partial charge in [-0.1, -0.05) is 26.2 Å². The normalized spacial score (nSPS) is 11.7. The number of unbranched alkanes of at least 4 members (excludes halogenated alkanes) is 3. The molecule has 0 aliphatic rings. The number of sulfonamides is 1. The van der Waals surface area contributed by atoms with Gasteiger partial charge < -0.3 is 5.11 Å². The quantitative estimate of drug-likeness (QED) is 0.723. The van der Waals surface area contributed by atoms with Gasteiger partial charge in [0, 0.05) is 6.54 Å². The van der Waals surface area contributed by atoms with Crippen LogP contribution >= 0.6 is 11.3 Å². The average Bonchev–Trinajstić information content (AvgIpc) is 2.72. The monoisotopic (exact) mass is 305 g/mol. The number of hydrogen-bond acceptors (Lipinski definition) is 4. The zero-order chi connectivity index (χ0) is 14.5. The molecule has 1 aromatic heterocycles. The molecular weight excluding hydrogens is 286 g/mol. The minimum atomic E-state index is -3.58. The van der Waals surface area contributed by atoms with E-state index in [-0.39, 0.29) is 9.09 Å². The van der Waals surface area contributed by atoms with E-state index in [0.29, 0.717) is 12.1 Å². The summed E-state index contributed by atoms with van der Waals surface area (Å²) < 4.78 is 26.5. The van der Waals surface area contributed by atoms with E-state index in [1.165, 1.54) is 6.07 Å². The highest BCUT2D eigenvalue weighted by Crippen LogP contribution is 2.25. The van der Waals surface area contributed by atoms with Crippen LogP contribution < -0.4 is 4.72 Å². The van der Waals surface area contributed by atoms with Crippen molar-refractivity contribution in [2.45, 2.75) is 43.7 Å². The van der Waals surface area contributed by atoms with Crippen LogP contribution in [-0.4, -0.2) is 26.0 Å². The molecule has 0 amide bonds. The molecule has 108 valence electrons. The summed E-state index contributed by atoms with van der Waals surface area (Å²) in [6.45, 7) is 4.08. The second-order valence-corrected chi connectivity index (χ2v) is 7.39. The lowest BCUT2D eigenvalue weighted by atomic mass is 10.2. The molecule has 19 heavy (non-hydrogen) atoms. The van der Waals surface area contributed by atoms with E-state index >= 15 is 0 Å². The Hall–Kier alpha value is -0.920. The molecule has 0 spiro atoms. The third kappa shape index (κ3) is 4.59. The predicted molar refractivity (Wildman–Crippen MR) is 75.3 cm³/mol. The van der Waals surface area contributed by atoms with Crippen LogP contribution in [-0.2, 0) is 10.0 Å². The molecule has 0 aromatic carbocycles. The molecule has 1 aromatic rings. The molecule has 0 fully saturated rings. The summed E-state index contributed by atoms with van der Waals surface area (Å²) >= 11 is 0.793. The topological polar surface area (TPSA) is 83.5 Å². The van der Waals surface area contributed by atoms with Gasteiger partial charge in [-0.05, 0) is 25.0 Å². The second kappa shape index (κ2) is 7.02. The minimum Gasteiger partial charge on any atom is -0.477 e. The second-order valence-electron chi connectivity index (χ2n) is 4.34. The van der Waals surface area contributed by atoms with Gasteiger partial charge in [0.1, 0.15) is 9.09 Å². The maximum Gasteiger partial charge on any atom is 0.346 e. The van der Waals surface area contributed by atoms with Gasteiger partial charge in [-0.3, -0.25) is 0 Å². The first-order valence-corrected chi connectivity index (χ1v) is 8.52. The molecule has 0 saturated heterocycles. The number of carboxylic acid groups (broad SMARTS) is 1. The Morgan fingerprint density at radius 3 is 2.58 bits per heavy atom. The van der Waals surface area contributed by atoms with Gasteiger partial charge in [0.05, 0.1) is 0 Å². The Kier molecular flexibility index (Phi) is 5.96.